The highest BCUT2D eigenvalue weighted by Crippen LogP contribution is 2.25. The van der Waals surface area contributed by atoms with Crippen molar-refractivity contribution in [2.75, 3.05) is 18.0 Å². The van der Waals surface area contributed by atoms with Crippen LogP contribution < -0.4 is 10.2 Å². The van der Waals surface area contributed by atoms with Gasteiger partial charge in [-0.1, -0.05) is 17.3 Å². The molecule has 22 heavy (non-hydrogen) atoms. The molecule has 4 heteroatoms. The van der Waals surface area contributed by atoms with Crippen molar-refractivity contribution in [2.45, 2.75) is 46.2 Å². The van der Waals surface area contributed by atoms with Gasteiger partial charge in [-0.15, -0.1) is 0 Å². The van der Waals surface area contributed by atoms with E-state index in [2.05, 4.69) is 47.4 Å². The van der Waals surface area contributed by atoms with Gasteiger partial charge in [-0.2, -0.15) is 0 Å². The van der Waals surface area contributed by atoms with Gasteiger partial charge < -0.3 is 14.7 Å². The van der Waals surface area contributed by atoms with Gasteiger partial charge in [0.15, 0.2) is 0 Å². The maximum atomic E-state index is 5.11. The second kappa shape index (κ2) is 6.53. The lowest BCUT2D eigenvalue weighted by molar-refractivity contribution is 0.375. The van der Waals surface area contributed by atoms with E-state index in [0.717, 1.165) is 31.1 Å². The van der Waals surface area contributed by atoms with E-state index in [1.54, 1.807) is 0 Å². The molecule has 1 aliphatic heterocycles. The summed E-state index contributed by atoms with van der Waals surface area (Å²) in [5.41, 5.74) is 5.17. The van der Waals surface area contributed by atoms with E-state index in [-0.39, 0.29) is 0 Å². The molecule has 1 fully saturated rings. The standard InChI is InChI=1S/C18H25N3O/c1-13-5-4-6-18(15(13)3)21-9-7-16(8-10-21)19-12-17-11-14(2)22-20-17/h4-6,11,16,19H,7-10,12H2,1-3H3. The Bertz CT molecular complexity index is 627. The van der Waals surface area contributed by atoms with Crippen LogP contribution in [0.4, 0.5) is 5.69 Å². The van der Waals surface area contributed by atoms with Crippen molar-refractivity contribution in [1.82, 2.24) is 10.5 Å². The van der Waals surface area contributed by atoms with Crippen molar-refractivity contribution in [2.24, 2.45) is 0 Å². The number of piperidine rings is 1. The van der Waals surface area contributed by atoms with Gasteiger partial charge in [-0.3, -0.25) is 0 Å². The summed E-state index contributed by atoms with van der Waals surface area (Å²) in [4.78, 5) is 2.51. The highest BCUT2D eigenvalue weighted by atomic mass is 16.5. The maximum absolute atomic E-state index is 5.11. The van der Waals surface area contributed by atoms with Gasteiger partial charge in [-0.25, -0.2) is 0 Å². The normalized spacial score (nSPS) is 16.2. The third-order valence-electron chi connectivity index (χ3n) is 4.66. The lowest BCUT2D eigenvalue weighted by atomic mass is 10.0. The minimum Gasteiger partial charge on any atom is -0.371 e. The van der Waals surface area contributed by atoms with E-state index in [0.29, 0.717) is 6.04 Å². The molecule has 0 unspecified atom stereocenters. The van der Waals surface area contributed by atoms with Crippen molar-refractivity contribution >= 4 is 5.69 Å². The zero-order valence-corrected chi connectivity index (χ0v) is 13.7. The first kappa shape index (κ1) is 15.1. The van der Waals surface area contributed by atoms with E-state index in [9.17, 15) is 0 Å². The van der Waals surface area contributed by atoms with Crippen LogP contribution >= 0.6 is 0 Å². The Kier molecular flexibility index (Phi) is 4.48. The SMILES string of the molecule is Cc1cc(CNC2CCN(c3cccc(C)c3C)CC2)no1. The molecule has 0 atom stereocenters. The summed E-state index contributed by atoms with van der Waals surface area (Å²) in [6, 6.07) is 9.16. The molecule has 2 aromatic rings. The predicted octanol–water partition coefficient (Wildman–Crippen LogP) is 3.36. The number of aromatic nitrogens is 1. The van der Waals surface area contributed by atoms with Gasteiger partial charge in [0.1, 0.15) is 5.76 Å². The van der Waals surface area contributed by atoms with E-state index >= 15 is 0 Å². The molecule has 1 N–H and O–H groups in total. The topological polar surface area (TPSA) is 41.3 Å². The van der Waals surface area contributed by atoms with Gasteiger partial charge in [0.25, 0.3) is 0 Å². The Morgan fingerprint density at radius 1 is 1.23 bits per heavy atom. The zero-order valence-electron chi connectivity index (χ0n) is 13.7. The molecule has 0 amide bonds. The van der Waals surface area contributed by atoms with Crippen LogP contribution in [0.5, 0.6) is 0 Å². The number of hydrogen-bond acceptors (Lipinski definition) is 4. The lowest BCUT2D eigenvalue weighted by Crippen LogP contribution is -2.42. The maximum Gasteiger partial charge on any atom is 0.133 e. The lowest BCUT2D eigenvalue weighted by Gasteiger charge is -2.35. The van der Waals surface area contributed by atoms with Crippen LogP contribution in [0.25, 0.3) is 0 Å². The monoisotopic (exact) mass is 299 g/mol. The van der Waals surface area contributed by atoms with Crippen LogP contribution in [0, 0.1) is 20.8 Å². The molecule has 0 spiro atoms. The summed E-state index contributed by atoms with van der Waals surface area (Å²) in [6.07, 6.45) is 2.34. The van der Waals surface area contributed by atoms with E-state index in [4.69, 9.17) is 4.52 Å². The molecule has 0 aliphatic carbocycles. The molecule has 1 saturated heterocycles. The molecule has 3 rings (SSSR count). The van der Waals surface area contributed by atoms with Gasteiger partial charge in [0.2, 0.25) is 0 Å². The van der Waals surface area contributed by atoms with Gasteiger partial charge >= 0.3 is 0 Å². The average molecular weight is 299 g/mol. The van der Waals surface area contributed by atoms with E-state index in [1.165, 1.54) is 29.7 Å². The molecular weight excluding hydrogens is 274 g/mol. The van der Waals surface area contributed by atoms with Crippen LogP contribution in [0.1, 0.15) is 35.4 Å². The van der Waals surface area contributed by atoms with Crippen molar-refractivity contribution in [1.29, 1.82) is 0 Å². The first-order valence-corrected chi connectivity index (χ1v) is 8.10. The number of rotatable bonds is 4. The Morgan fingerprint density at radius 3 is 2.68 bits per heavy atom. The Morgan fingerprint density at radius 2 is 2.00 bits per heavy atom. The summed E-state index contributed by atoms with van der Waals surface area (Å²) in [7, 11) is 0. The number of hydrogen-bond donors (Lipinski definition) is 1. The summed E-state index contributed by atoms with van der Waals surface area (Å²) in [5.74, 6) is 0.876. The minimum absolute atomic E-state index is 0.568. The molecule has 2 heterocycles. The third-order valence-corrected chi connectivity index (χ3v) is 4.66. The van der Waals surface area contributed by atoms with Crippen LogP contribution in [-0.4, -0.2) is 24.3 Å². The number of nitrogens with zero attached hydrogens (tertiary/aromatic N) is 2. The van der Waals surface area contributed by atoms with Crippen LogP contribution in [0.15, 0.2) is 28.8 Å². The molecule has 0 bridgehead atoms. The van der Waals surface area contributed by atoms with Crippen LogP contribution in [-0.2, 0) is 6.54 Å². The second-order valence-corrected chi connectivity index (χ2v) is 6.29. The van der Waals surface area contributed by atoms with Crippen molar-refractivity contribution in [3.8, 4) is 0 Å². The number of benzene rings is 1. The zero-order chi connectivity index (χ0) is 15.5. The molecule has 1 aromatic heterocycles. The second-order valence-electron chi connectivity index (χ2n) is 6.29. The largest absolute Gasteiger partial charge is 0.371 e. The van der Waals surface area contributed by atoms with Crippen molar-refractivity contribution < 1.29 is 4.52 Å². The molecule has 0 saturated carbocycles. The Balaban J connectivity index is 1.53. The first-order chi connectivity index (χ1) is 10.6. The van der Waals surface area contributed by atoms with Gasteiger partial charge in [-0.05, 0) is 50.8 Å². The average Bonchev–Trinajstić information content (AvgIpc) is 2.94. The summed E-state index contributed by atoms with van der Waals surface area (Å²) in [5, 5.41) is 7.64. The first-order valence-electron chi connectivity index (χ1n) is 8.10. The van der Waals surface area contributed by atoms with Crippen molar-refractivity contribution in [3.63, 3.8) is 0 Å². The fourth-order valence-corrected chi connectivity index (χ4v) is 3.15. The highest BCUT2D eigenvalue weighted by Gasteiger charge is 2.20. The molecule has 1 aliphatic rings. The Hall–Kier alpha value is -1.81. The molecule has 1 aromatic carbocycles. The van der Waals surface area contributed by atoms with Gasteiger partial charge in [0, 0.05) is 37.4 Å². The molecular formula is C18H25N3O. The smallest absolute Gasteiger partial charge is 0.133 e. The minimum atomic E-state index is 0.568. The highest BCUT2D eigenvalue weighted by molar-refractivity contribution is 5.56. The summed E-state index contributed by atoms with van der Waals surface area (Å²) >= 11 is 0. The fourth-order valence-electron chi connectivity index (χ4n) is 3.15. The summed E-state index contributed by atoms with van der Waals surface area (Å²) in [6.45, 7) is 9.36. The molecule has 4 nitrogen and oxygen atoms in total. The van der Waals surface area contributed by atoms with Crippen LogP contribution in [0.2, 0.25) is 0 Å². The number of anilines is 1. The number of aryl methyl sites for hydroxylation is 2. The molecule has 0 radical (unpaired) electrons. The van der Waals surface area contributed by atoms with E-state index < -0.39 is 0 Å². The predicted molar refractivity (Wildman–Crippen MR) is 89.2 cm³/mol. The van der Waals surface area contributed by atoms with Gasteiger partial charge in [0.05, 0.1) is 5.69 Å². The molecule has 118 valence electrons. The van der Waals surface area contributed by atoms with Crippen LogP contribution in [0.3, 0.4) is 0 Å². The quantitative estimate of drug-likeness (QED) is 0.940. The van der Waals surface area contributed by atoms with E-state index in [1.807, 2.05) is 13.0 Å². The third kappa shape index (κ3) is 3.33. The summed E-state index contributed by atoms with van der Waals surface area (Å²) < 4.78 is 5.11. The number of nitrogens with one attached hydrogen (secondary N) is 1. The fraction of sp³-hybridized carbons (Fsp3) is 0.500. The Labute approximate surface area is 132 Å². The van der Waals surface area contributed by atoms with Crippen molar-refractivity contribution in [3.05, 3.63) is 46.8 Å².